The maximum absolute atomic E-state index is 13.4. The van der Waals surface area contributed by atoms with Crippen LogP contribution in [0.1, 0.15) is 38.7 Å². The minimum absolute atomic E-state index is 0.0441. The first-order valence-corrected chi connectivity index (χ1v) is 7.49. The largest absolute Gasteiger partial charge is 0.382 e. The molecule has 21 heavy (non-hydrogen) atoms. The zero-order chi connectivity index (χ0) is 15.7. The van der Waals surface area contributed by atoms with Gasteiger partial charge in [0.1, 0.15) is 5.82 Å². The number of halogens is 1. The standard InChI is InChI=1S/C17H28FNO2/c1-17(2,3)19-13-15(8-9-21-11-10-20-4)14-6-5-7-16(18)12-14/h5-7,12,15,19H,8-11,13H2,1-4H3. The summed E-state index contributed by atoms with van der Waals surface area (Å²) in [5, 5.41) is 3.49. The molecule has 0 fully saturated rings. The van der Waals surface area contributed by atoms with Crippen molar-refractivity contribution in [1.82, 2.24) is 5.32 Å². The topological polar surface area (TPSA) is 30.5 Å². The van der Waals surface area contributed by atoms with E-state index in [-0.39, 0.29) is 17.3 Å². The SMILES string of the molecule is COCCOCCC(CNC(C)(C)C)c1cccc(F)c1. The molecule has 0 radical (unpaired) electrons. The lowest BCUT2D eigenvalue weighted by molar-refractivity contribution is 0.0667. The van der Waals surface area contributed by atoms with Gasteiger partial charge >= 0.3 is 0 Å². The van der Waals surface area contributed by atoms with Crippen molar-refractivity contribution in [3.05, 3.63) is 35.6 Å². The minimum Gasteiger partial charge on any atom is -0.382 e. The molecule has 0 saturated heterocycles. The summed E-state index contributed by atoms with van der Waals surface area (Å²) in [7, 11) is 1.66. The van der Waals surface area contributed by atoms with Crippen molar-refractivity contribution >= 4 is 0 Å². The molecular weight excluding hydrogens is 269 g/mol. The van der Waals surface area contributed by atoms with E-state index in [4.69, 9.17) is 9.47 Å². The Morgan fingerprint density at radius 2 is 1.95 bits per heavy atom. The first kappa shape index (κ1) is 18.1. The van der Waals surface area contributed by atoms with Crippen LogP contribution in [0, 0.1) is 5.82 Å². The summed E-state index contributed by atoms with van der Waals surface area (Å²) in [5.74, 6) is 0.0519. The Morgan fingerprint density at radius 1 is 1.19 bits per heavy atom. The van der Waals surface area contributed by atoms with Crippen LogP contribution >= 0.6 is 0 Å². The average molecular weight is 297 g/mol. The molecule has 0 bridgehead atoms. The molecule has 0 aliphatic carbocycles. The van der Waals surface area contributed by atoms with Gasteiger partial charge < -0.3 is 14.8 Å². The molecule has 1 N–H and O–H groups in total. The molecule has 0 saturated carbocycles. The maximum atomic E-state index is 13.4. The number of benzene rings is 1. The smallest absolute Gasteiger partial charge is 0.123 e. The van der Waals surface area contributed by atoms with Crippen molar-refractivity contribution in [3.63, 3.8) is 0 Å². The fourth-order valence-electron chi connectivity index (χ4n) is 2.05. The van der Waals surface area contributed by atoms with Crippen LogP contribution in [-0.2, 0) is 9.47 Å². The first-order valence-electron chi connectivity index (χ1n) is 7.49. The van der Waals surface area contributed by atoms with Gasteiger partial charge in [-0.05, 0) is 50.8 Å². The van der Waals surface area contributed by atoms with Gasteiger partial charge in [0.2, 0.25) is 0 Å². The van der Waals surface area contributed by atoms with Crippen molar-refractivity contribution < 1.29 is 13.9 Å². The molecule has 0 aromatic heterocycles. The number of ether oxygens (including phenoxy) is 2. The van der Waals surface area contributed by atoms with Crippen molar-refractivity contribution in [3.8, 4) is 0 Å². The molecule has 1 aromatic carbocycles. The van der Waals surface area contributed by atoms with Crippen molar-refractivity contribution in [2.24, 2.45) is 0 Å². The summed E-state index contributed by atoms with van der Waals surface area (Å²) >= 11 is 0. The van der Waals surface area contributed by atoms with Crippen LogP contribution in [0.25, 0.3) is 0 Å². The lowest BCUT2D eigenvalue weighted by Gasteiger charge is -2.25. The van der Waals surface area contributed by atoms with E-state index in [1.807, 2.05) is 6.07 Å². The molecule has 1 aromatic rings. The third-order valence-corrected chi connectivity index (χ3v) is 3.24. The number of rotatable bonds is 9. The predicted molar refractivity (Wildman–Crippen MR) is 84.2 cm³/mol. The van der Waals surface area contributed by atoms with Gasteiger partial charge in [-0.1, -0.05) is 12.1 Å². The highest BCUT2D eigenvalue weighted by Gasteiger charge is 2.16. The zero-order valence-electron chi connectivity index (χ0n) is 13.6. The van der Waals surface area contributed by atoms with Crippen molar-refractivity contribution in [2.45, 2.75) is 38.6 Å². The van der Waals surface area contributed by atoms with Crippen LogP contribution in [0.4, 0.5) is 4.39 Å². The summed E-state index contributed by atoms with van der Waals surface area (Å²) in [6, 6.07) is 6.84. The monoisotopic (exact) mass is 297 g/mol. The van der Waals surface area contributed by atoms with Crippen molar-refractivity contribution in [2.75, 3.05) is 33.5 Å². The molecule has 0 heterocycles. The summed E-state index contributed by atoms with van der Waals surface area (Å²) in [4.78, 5) is 0. The normalized spacial score (nSPS) is 13.4. The number of hydrogen-bond donors (Lipinski definition) is 1. The highest BCUT2D eigenvalue weighted by atomic mass is 19.1. The van der Waals surface area contributed by atoms with Gasteiger partial charge in [-0.2, -0.15) is 0 Å². The van der Waals surface area contributed by atoms with Crippen LogP contribution in [0.2, 0.25) is 0 Å². The lowest BCUT2D eigenvalue weighted by Crippen LogP contribution is -2.38. The van der Waals surface area contributed by atoms with Gasteiger partial charge in [0, 0.05) is 25.8 Å². The number of nitrogens with one attached hydrogen (secondary N) is 1. The second kappa shape index (κ2) is 9.13. The fourth-order valence-corrected chi connectivity index (χ4v) is 2.05. The number of methoxy groups -OCH3 is 1. The zero-order valence-corrected chi connectivity index (χ0v) is 13.6. The minimum atomic E-state index is -0.187. The molecule has 0 spiro atoms. The Kier molecular flexibility index (Phi) is 7.86. The highest BCUT2D eigenvalue weighted by Crippen LogP contribution is 2.21. The number of hydrogen-bond acceptors (Lipinski definition) is 3. The summed E-state index contributed by atoms with van der Waals surface area (Å²) < 4.78 is 23.9. The Bertz CT molecular complexity index is 404. The van der Waals surface area contributed by atoms with E-state index in [0.29, 0.717) is 19.8 Å². The highest BCUT2D eigenvalue weighted by molar-refractivity contribution is 5.21. The van der Waals surface area contributed by atoms with Crippen LogP contribution in [0.15, 0.2) is 24.3 Å². The van der Waals surface area contributed by atoms with E-state index < -0.39 is 0 Å². The second-order valence-corrected chi connectivity index (χ2v) is 6.28. The fraction of sp³-hybridized carbons (Fsp3) is 0.647. The maximum Gasteiger partial charge on any atom is 0.123 e. The van der Waals surface area contributed by atoms with E-state index in [9.17, 15) is 4.39 Å². The van der Waals surface area contributed by atoms with Gasteiger partial charge in [-0.25, -0.2) is 4.39 Å². The Balaban J connectivity index is 2.57. The van der Waals surface area contributed by atoms with E-state index in [2.05, 4.69) is 26.1 Å². The average Bonchev–Trinajstić information content (AvgIpc) is 2.40. The Morgan fingerprint density at radius 3 is 2.57 bits per heavy atom. The van der Waals surface area contributed by atoms with Gasteiger partial charge in [-0.15, -0.1) is 0 Å². The van der Waals surface area contributed by atoms with Gasteiger partial charge in [0.15, 0.2) is 0 Å². The third-order valence-electron chi connectivity index (χ3n) is 3.24. The lowest BCUT2D eigenvalue weighted by atomic mass is 9.94. The molecule has 120 valence electrons. The molecule has 0 aliphatic rings. The summed E-state index contributed by atoms with van der Waals surface area (Å²) in [5.41, 5.74) is 1.06. The van der Waals surface area contributed by atoms with E-state index in [1.165, 1.54) is 6.07 Å². The van der Waals surface area contributed by atoms with E-state index in [1.54, 1.807) is 19.2 Å². The van der Waals surface area contributed by atoms with Gasteiger partial charge in [-0.3, -0.25) is 0 Å². The van der Waals surface area contributed by atoms with E-state index >= 15 is 0 Å². The summed E-state index contributed by atoms with van der Waals surface area (Å²) in [6.45, 7) is 9.04. The van der Waals surface area contributed by atoms with Crippen molar-refractivity contribution in [1.29, 1.82) is 0 Å². The summed E-state index contributed by atoms with van der Waals surface area (Å²) in [6.07, 6.45) is 0.857. The predicted octanol–water partition coefficient (Wildman–Crippen LogP) is 3.35. The quantitative estimate of drug-likeness (QED) is 0.709. The second-order valence-electron chi connectivity index (χ2n) is 6.28. The molecule has 0 aliphatic heterocycles. The molecule has 4 heteroatoms. The molecule has 1 rings (SSSR count). The van der Waals surface area contributed by atoms with Gasteiger partial charge in [0.25, 0.3) is 0 Å². The molecular formula is C17H28FNO2. The Hall–Kier alpha value is -0.970. The Labute approximate surface area is 127 Å². The first-order chi connectivity index (χ1) is 9.92. The third kappa shape index (κ3) is 8.15. The van der Waals surface area contributed by atoms with Crippen LogP contribution in [0.5, 0.6) is 0 Å². The molecule has 0 amide bonds. The van der Waals surface area contributed by atoms with Crippen LogP contribution in [-0.4, -0.2) is 39.0 Å². The van der Waals surface area contributed by atoms with E-state index in [0.717, 1.165) is 18.5 Å². The van der Waals surface area contributed by atoms with Gasteiger partial charge in [0.05, 0.1) is 13.2 Å². The van der Waals surface area contributed by atoms with Crippen LogP contribution < -0.4 is 5.32 Å². The van der Waals surface area contributed by atoms with Crippen LogP contribution in [0.3, 0.4) is 0 Å². The molecule has 1 unspecified atom stereocenters. The molecule has 1 atom stereocenters. The molecule has 3 nitrogen and oxygen atoms in total.